The predicted octanol–water partition coefficient (Wildman–Crippen LogP) is 3.94. The molecule has 1 amide bonds. The third-order valence-corrected chi connectivity index (χ3v) is 7.89. The van der Waals surface area contributed by atoms with Crippen LogP contribution in [0.4, 0.5) is 5.82 Å². The van der Waals surface area contributed by atoms with E-state index in [1.165, 1.54) is 49.5 Å². The zero-order valence-electron chi connectivity index (χ0n) is 18.9. The molecule has 1 aromatic carbocycles. The molecule has 1 aliphatic heterocycles. The zero-order chi connectivity index (χ0) is 22.4. The predicted molar refractivity (Wildman–Crippen MR) is 130 cm³/mol. The Morgan fingerprint density at radius 2 is 2.06 bits per heavy atom. The molecule has 1 saturated heterocycles. The summed E-state index contributed by atoms with van der Waals surface area (Å²) < 4.78 is 2.22. The van der Waals surface area contributed by atoms with E-state index in [2.05, 4.69) is 70.0 Å². The van der Waals surface area contributed by atoms with Crippen LogP contribution in [0.3, 0.4) is 0 Å². The van der Waals surface area contributed by atoms with E-state index in [0.717, 1.165) is 42.7 Å². The average Bonchev–Trinajstić information content (AvgIpc) is 3.71. The molecule has 2 saturated carbocycles. The molecule has 170 valence electrons. The Morgan fingerprint density at radius 3 is 2.69 bits per heavy atom. The molecular formula is C25H33N5OS. The van der Waals surface area contributed by atoms with E-state index in [-0.39, 0.29) is 0 Å². The van der Waals surface area contributed by atoms with E-state index in [1.54, 1.807) is 0 Å². The number of hydrogen-bond donors (Lipinski definition) is 1. The van der Waals surface area contributed by atoms with Crippen molar-refractivity contribution >= 4 is 24.0 Å². The van der Waals surface area contributed by atoms with Gasteiger partial charge in [-0.1, -0.05) is 30.3 Å². The summed E-state index contributed by atoms with van der Waals surface area (Å²) in [7, 11) is 0. The molecule has 7 heteroatoms. The summed E-state index contributed by atoms with van der Waals surface area (Å²) in [4.78, 5) is 12.3. The van der Waals surface area contributed by atoms with Crippen LogP contribution in [0.5, 0.6) is 0 Å². The monoisotopic (exact) mass is 451 g/mol. The fraction of sp³-hybridized carbons (Fsp3) is 0.560. The lowest BCUT2D eigenvalue weighted by atomic mass is 10.1. The van der Waals surface area contributed by atoms with Gasteiger partial charge in [0.25, 0.3) is 0 Å². The van der Waals surface area contributed by atoms with Crippen LogP contribution in [0.25, 0.3) is 0 Å². The quantitative estimate of drug-likeness (QED) is 0.585. The van der Waals surface area contributed by atoms with Crippen LogP contribution in [-0.4, -0.2) is 45.8 Å². The van der Waals surface area contributed by atoms with Gasteiger partial charge in [-0.05, 0) is 62.7 Å². The molecule has 32 heavy (non-hydrogen) atoms. The number of benzene rings is 1. The van der Waals surface area contributed by atoms with Crippen molar-refractivity contribution in [1.82, 2.24) is 15.1 Å². The maximum absolute atomic E-state index is 9.76. The Kier molecular flexibility index (Phi) is 7.41. The lowest BCUT2D eigenvalue weighted by Crippen LogP contribution is -2.27. The van der Waals surface area contributed by atoms with Crippen molar-refractivity contribution in [2.24, 2.45) is 5.92 Å². The average molecular weight is 452 g/mol. The second kappa shape index (κ2) is 10.4. The molecular weight excluding hydrogens is 418 g/mol. The first kappa shape index (κ1) is 22.7. The lowest BCUT2D eigenvalue weighted by molar-refractivity contribution is -0.110. The van der Waals surface area contributed by atoms with Gasteiger partial charge in [-0.2, -0.15) is 22.1 Å². The van der Waals surface area contributed by atoms with Crippen molar-refractivity contribution in [3.8, 4) is 6.07 Å². The Balaban J connectivity index is 0.000000260. The molecule has 0 spiro atoms. The van der Waals surface area contributed by atoms with Gasteiger partial charge in [0, 0.05) is 31.0 Å². The first-order valence-corrected chi connectivity index (χ1v) is 12.7. The largest absolute Gasteiger partial charge is 0.356 e. The number of anilines is 1. The number of carbonyl (C=O) groups is 1. The summed E-state index contributed by atoms with van der Waals surface area (Å²) in [5.41, 5.74) is 2.05. The molecule has 1 unspecified atom stereocenters. The van der Waals surface area contributed by atoms with E-state index in [0.29, 0.717) is 6.41 Å². The van der Waals surface area contributed by atoms with Crippen molar-refractivity contribution < 1.29 is 4.79 Å². The molecule has 1 aromatic heterocycles. The third kappa shape index (κ3) is 6.29. The van der Waals surface area contributed by atoms with Crippen molar-refractivity contribution in [2.45, 2.75) is 62.8 Å². The molecule has 1 atom stereocenters. The van der Waals surface area contributed by atoms with Gasteiger partial charge in [0.15, 0.2) is 0 Å². The van der Waals surface area contributed by atoms with Gasteiger partial charge in [-0.3, -0.25) is 4.79 Å². The summed E-state index contributed by atoms with van der Waals surface area (Å²) in [6.07, 6.45) is 7.49. The summed E-state index contributed by atoms with van der Waals surface area (Å²) >= 11 is 2.20. The highest BCUT2D eigenvalue weighted by Crippen LogP contribution is 2.36. The number of hydrogen-bond acceptors (Lipinski definition) is 5. The van der Waals surface area contributed by atoms with Crippen molar-refractivity contribution in [3.63, 3.8) is 0 Å². The SMILES string of the molecule is Cc1cc(N2CCC(SCC3CC3)C2)n(CCc2ccccc2)n1.N#CC1(NC=O)CC1. The van der Waals surface area contributed by atoms with Gasteiger partial charge in [-0.25, -0.2) is 4.68 Å². The standard InChI is InChI=1S/C20H27N3S.C5H6N2O/c1-16-13-20(22-11-10-19(14-22)24-15-18-7-8-18)23(21-16)12-9-17-5-3-2-4-6-17;6-3-5(1-2-5)7-4-8/h2-6,13,18-19H,7-12,14-15H2,1H3;4H,1-2H2,(H,7,8). The molecule has 2 heterocycles. The fourth-order valence-electron chi connectivity index (χ4n) is 3.99. The maximum Gasteiger partial charge on any atom is 0.208 e. The third-order valence-electron chi connectivity index (χ3n) is 6.37. The lowest BCUT2D eigenvalue weighted by Gasteiger charge is -2.20. The highest BCUT2D eigenvalue weighted by atomic mass is 32.2. The van der Waals surface area contributed by atoms with Gasteiger partial charge in [0.05, 0.1) is 11.8 Å². The number of thioether (sulfide) groups is 1. The Bertz CT molecular complexity index is 930. The number of nitrogens with zero attached hydrogens (tertiary/aromatic N) is 4. The number of aryl methyl sites for hydroxylation is 3. The number of amides is 1. The molecule has 0 radical (unpaired) electrons. The zero-order valence-corrected chi connectivity index (χ0v) is 19.7. The summed E-state index contributed by atoms with van der Waals surface area (Å²) in [6, 6.07) is 15.0. The topological polar surface area (TPSA) is 74.0 Å². The smallest absolute Gasteiger partial charge is 0.208 e. The van der Waals surface area contributed by atoms with Gasteiger partial charge in [0.1, 0.15) is 11.4 Å². The van der Waals surface area contributed by atoms with Gasteiger partial charge in [-0.15, -0.1) is 0 Å². The maximum atomic E-state index is 9.76. The number of aromatic nitrogens is 2. The van der Waals surface area contributed by atoms with E-state index in [4.69, 9.17) is 10.4 Å². The van der Waals surface area contributed by atoms with Crippen molar-refractivity contribution in [2.75, 3.05) is 23.7 Å². The van der Waals surface area contributed by atoms with Crippen molar-refractivity contribution in [1.29, 1.82) is 5.26 Å². The van der Waals surface area contributed by atoms with Crippen LogP contribution >= 0.6 is 11.8 Å². The number of rotatable bonds is 9. The summed E-state index contributed by atoms with van der Waals surface area (Å²) in [6.45, 7) is 5.44. The molecule has 6 nitrogen and oxygen atoms in total. The minimum atomic E-state index is -0.470. The number of nitriles is 1. The number of carbonyl (C=O) groups excluding carboxylic acids is 1. The molecule has 1 N–H and O–H groups in total. The van der Waals surface area contributed by atoms with Gasteiger partial charge >= 0.3 is 0 Å². The Morgan fingerprint density at radius 1 is 1.28 bits per heavy atom. The van der Waals surface area contributed by atoms with Crippen LogP contribution < -0.4 is 10.2 Å². The Labute approximate surface area is 195 Å². The second-order valence-electron chi connectivity index (χ2n) is 9.19. The minimum Gasteiger partial charge on any atom is -0.356 e. The van der Waals surface area contributed by atoms with E-state index in [9.17, 15) is 4.79 Å². The van der Waals surface area contributed by atoms with Gasteiger partial charge < -0.3 is 10.2 Å². The van der Waals surface area contributed by atoms with Crippen LogP contribution in [0.2, 0.25) is 0 Å². The first-order valence-electron chi connectivity index (χ1n) is 11.7. The van der Waals surface area contributed by atoms with Crippen LogP contribution in [0, 0.1) is 24.2 Å². The van der Waals surface area contributed by atoms with Gasteiger partial charge in [0.2, 0.25) is 6.41 Å². The van der Waals surface area contributed by atoms with Crippen molar-refractivity contribution in [3.05, 3.63) is 47.7 Å². The molecule has 3 fully saturated rings. The van der Waals surface area contributed by atoms with Crippen LogP contribution in [-0.2, 0) is 17.8 Å². The van der Waals surface area contributed by atoms with Crippen LogP contribution in [0.15, 0.2) is 36.4 Å². The summed E-state index contributed by atoms with van der Waals surface area (Å²) in [5.74, 6) is 3.73. The summed E-state index contributed by atoms with van der Waals surface area (Å²) in [5, 5.41) is 16.3. The van der Waals surface area contributed by atoms with E-state index >= 15 is 0 Å². The molecule has 3 aliphatic rings. The normalized spacial score (nSPS) is 20.8. The highest BCUT2D eigenvalue weighted by molar-refractivity contribution is 7.99. The molecule has 2 aromatic rings. The number of nitrogens with one attached hydrogen (secondary N) is 1. The van der Waals surface area contributed by atoms with E-state index in [1.807, 2.05) is 6.07 Å². The molecule has 5 rings (SSSR count). The fourth-order valence-corrected chi connectivity index (χ4v) is 5.42. The molecule has 2 aliphatic carbocycles. The highest BCUT2D eigenvalue weighted by Gasteiger charge is 2.42. The molecule has 0 bridgehead atoms. The Hall–Kier alpha value is -2.46. The van der Waals surface area contributed by atoms with E-state index < -0.39 is 5.54 Å². The second-order valence-corrected chi connectivity index (χ2v) is 10.5. The minimum absolute atomic E-state index is 0.470. The van der Waals surface area contributed by atoms with Crippen LogP contribution in [0.1, 0.15) is 43.4 Å². The first-order chi connectivity index (χ1) is 15.6.